The Balaban J connectivity index is 2.21. The van der Waals surface area contributed by atoms with Crippen LogP contribution in [0.15, 0.2) is 0 Å². The van der Waals surface area contributed by atoms with E-state index in [-0.39, 0.29) is 0 Å². The first-order chi connectivity index (χ1) is 6.97. The van der Waals surface area contributed by atoms with Gasteiger partial charge in [0.25, 0.3) is 10.1 Å². The van der Waals surface area contributed by atoms with E-state index in [4.69, 9.17) is 4.55 Å². The molecular weight excluding hydrogens is 218 g/mol. The quantitative estimate of drug-likeness (QED) is 0.698. The molecule has 0 aromatic carbocycles. The van der Waals surface area contributed by atoms with Gasteiger partial charge in [0.05, 0.1) is 0 Å². The number of hydrogen-bond acceptors (Lipinski definition) is 3. The third-order valence-electron chi connectivity index (χ3n) is 2.63. The van der Waals surface area contributed by atoms with Gasteiger partial charge in [-0.15, -0.1) is 0 Å². The molecule has 88 valence electrons. The van der Waals surface area contributed by atoms with Crippen LogP contribution in [0.2, 0.25) is 0 Å². The highest BCUT2D eigenvalue weighted by Crippen LogP contribution is 2.22. The third-order valence-corrected chi connectivity index (χ3v) is 3.25. The fourth-order valence-electron chi connectivity index (χ4n) is 1.87. The van der Waals surface area contributed by atoms with Gasteiger partial charge in [-0.2, -0.15) is 8.42 Å². The van der Waals surface area contributed by atoms with Crippen molar-refractivity contribution >= 4 is 16.0 Å². The standard InChI is InChI=1S/C9H17NO4S/c11-9(7-15(12,13)14)10-6-8-4-2-1-3-5-8/h8H,1-7H2,(H,10,11)(H,12,13,14). The van der Waals surface area contributed by atoms with E-state index in [2.05, 4.69) is 5.32 Å². The van der Waals surface area contributed by atoms with Gasteiger partial charge in [-0.3, -0.25) is 9.35 Å². The maximum atomic E-state index is 11.1. The van der Waals surface area contributed by atoms with Crippen LogP contribution in [0.3, 0.4) is 0 Å². The second kappa shape index (κ2) is 5.46. The van der Waals surface area contributed by atoms with Crippen LogP contribution in [0.1, 0.15) is 32.1 Å². The van der Waals surface area contributed by atoms with Crippen molar-refractivity contribution in [3.63, 3.8) is 0 Å². The molecule has 1 saturated carbocycles. The van der Waals surface area contributed by atoms with Crippen LogP contribution in [0.5, 0.6) is 0 Å². The average Bonchev–Trinajstić information content (AvgIpc) is 2.14. The molecule has 0 saturated heterocycles. The van der Waals surface area contributed by atoms with E-state index in [1.54, 1.807) is 0 Å². The molecule has 1 aliphatic carbocycles. The lowest BCUT2D eigenvalue weighted by atomic mass is 9.89. The van der Waals surface area contributed by atoms with Crippen molar-refractivity contribution in [2.24, 2.45) is 5.92 Å². The summed E-state index contributed by atoms with van der Waals surface area (Å²) in [4.78, 5) is 11.1. The van der Waals surface area contributed by atoms with Gasteiger partial charge in [-0.05, 0) is 18.8 Å². The summed E-state index contributed by atoms with van der Waals surface area (Å²) in [6.07, 6.45) is 5.78. The Kier molecular flexibility index (Phi) is 4.53. The molecule has 1 amide bonds. The van der Waals surface area contributed by atoms with Crippen molar-refractivity contribution in [2.45, 2.75) is 32.1 Å². The van der Waals surface area contributed by atoms with Crippen LogP contribution >= 0.6 is 0 Å². The minimum atomic E-state index is -4.19. The number of amides is 1. The van der Waals surface area contributed by atoms with Crippen LogP contribution in [-0.4, -0.2) is 31.2 Å². The molecule has 0 aromatic rings. The van der Waals surface area contributed by atoms with Gasteiger partial charge in [0.1, 0.15) is 0 Å². The number of hydrogen-bond donors (Lipinski definition) is 2. The zero-order valence-electron chi connectivity index (χ0n) is 8.61. The molecular formula is C9H17NO4S. The topological polar surface area (TPSA) is 83.5 Å². The maximum absolute atomic E-state index is 11.1. The van der Waals surface area contributed by atoms with Gasteiger partial charge in [0.15, 0.2) is 5.75 Å². The van der Waals surface area contributed by atoms with E-state index < -0.39 is 21.8 Å². The van der Waals surface area contributed by atoms with E-state index >= 15 is 0 Å². The van der Waals surface area contributed by atoms with Gasteiger partial charge >= 0.3 is 0 Å². The molecule has 2 N–H and O–H groups in total. The first kappa shape index (κ1) is 12.4. The Morgan fingerprint density at radius 2 is 1.87 bits per heavy atom. The lowest BCUT2D eigenvalue weighted by Gasteiger charge is -2.21. The highest BCUT2D eigenvalue weighted by Gasteiger charge is 2.16. The number of rotatable bonds is 4. The van der Waals surface area contributed by atoms with Crippen LogP contribution in [0.25, 0.3) is 0 Å². The lowest BCUT2D eigenvalue weighted by Crippen LogP contribution is -2.34. The Bertz CT molecular complexity index is 306. The van der Waals surface area contributed by atoms with Crippen molar-refractivity contribution < 1.29 is 17.8 Å². The van der Waals surface area contributed by atoms with Crippen molar-refractivity contribution in [2.75, 3.05) is 12.3 Å². The third kappa shape index (κ3) is 5.74. The fraction of sp³-hybridized carbons (Fsp3) is 0.889. The largest absolute Gasteiger partial charge is 0.355 e. The van der Waals surface area contributed by atoms with Crippen molar-refractivity contribution in [1.29, 1.82) is 0 Å². The molecule has 0 radical (unpaired) electrons. The van der Waals surface area contributed by atoms with Crippen molar-refractivity contribution in [1.82, 2.24) is 5.32 Å². The van der Waals surface area contributed by atoms with Crippen LogP contribution in [-0.2, 0) is 14.9 Å². The van der Waals surface area contributed by atoms with Gasteiger partial charge in [-0.25, -0.2) is 0 Å². The van der Waals surface area contributed by atoms with Crippen LogP contribution in [0.4, 0.5) is 0 Å². The van der Waals surface area contributed by atoms with Crippen LogP contribution in [0, 0.1) is 5.92 Å². The molecule has 1 fully saturated rings. The number of nitrogens with one attached hydrogen (secondary N) is 1. The Morgan fingerprint density at radius 3 is 2.40 bits per heavy atom. The molecule has 0 unspecified atom stereocenters. The minimum absolute atomic E-state index is 0.462. The van der Waals surface area contributed by atoms with E-state index in [0.29, 0.717) is 12.5 Å². The highest BCUT2D eigenvalue weighted by molar-refractivity contribution is 7.86. The van der Waals surface area contributed by atoms with E-state index in [1.165, 1.54) is 19.3 Å². The summed E-state index contributed by atoms with van der Waals surface area (Å²) in [6, 6.07) is 0. The Morgan fingerprint density at radius 1 is 1.27 bits per heavy atom. The SMILES string of the molecule is O=C(CS(=O)(=O)O)NCC1CCCCC1. The van der Waals surface area contributed by atoms with E-state index in [1.807, 2.05) is 0 Å². The summed E-state index contributed by atoms with van der Waals surface area (Å²) >= 11 is 0. The first-order valence-corrected chi connectivity index (χ1v) is 6.80. The number of carbonyl (C=O) groups is 1. The smallest absolute Gasteiger partial charge is 0.274 e. The van der Waals surface area contributed by atoms with Crippen LogP contribution < -0.4 is 5.32 Å². The summed E-state index contributed by atoms with van der Waals surface area (Å²) in [6.45, 7) is 0.522. The molecule has 0 heterocycles. The second-order valence-electron chi connectivity index (χ2n) is 4.03. The summed E-state index contributed by atoms with van der Waals surface area (Å²) in [5.74, 6) is -0.994. The molecule has 6 heteroatoms. The second-order valence-corrected chi connectivity index (χ2v) is 5.49. The monoisotopic (exact) mass is 235 g/mol. The summed E-state index contributed by atoms with van der Waals surface area (Å²) in [5.41, 5.74) is 0. The van der Waals surface area contributed by atoms with E-state index in [9.17, 15) is 13.2 Å². The summed E-state index contributed by atoms with van der Waals surface area (Å²) < 4.78 is 29.2. The van der Waals surface area contributed by atoms with Crippen molar-refractivity contribution in [3.8, 4) is 0 Å². The molecule has 1 aliphatic rings. The predicted octanol–water partition coefficient (Wildman–Crippen LogP) is 0.571. The summed E-state index contributed by atoms with van der Waals surface area (Å²) in [7, 11) is -4.19. The first-order valence-electron chi connectivity index (χ1n) is 5.19. The normalized spacial score (nSPS) is 18.7. The Hall–Kier alpha value is -0.620. The molecule has 0 aromatic heterocycles. The molecule has 0 spiro atoms. The van der Waals surface area contributed by atoms with Gasteiger partial charge < -0.3 is 5.32 Å². The zero-order valence-corrected chi connectivity index (χ0v) is 9.42. The molecule has 0 bridgehead atoms. The fourth-order valence-corrected chi connectivity index (χ4v) is 2.30. The average molecular weight is 235 g/mol. The molecule has 0 atom stereocenters. The highest BCUT2D eigenvalue weighted by atomic mass is 32.2. The lowest BCUT2D eigenvalue weighted by molar-refractivity contribution is -0.118. The van der Waals surface area contributed by atoms with E-state index in [0.717, 1.165) is 12.8 Å². The number of carbonyl (C=O) groups excluding carboxylic acids is 1. The summed E-state index contributed by atoms with van der Waals surface area (Å²) in [5, 5.41) is 2.53. The zero-order chi connectivity index (χ0) is 11.3. The molecule has 15 heavy (non-hydrogen) atoms. The van der Waals surface area contributed by atoms with Gasteiger partial charge in [0, 0.05) is 6.54 Å². The maximum Gasteiger partial charge on any atom is 0.274 e. The van der Waals surface area contributed by atoms with Crippen molar-refractivity contribution in [3.05, 3.63) is 0 Å². The molecule has 0 aliphatic heterocycles. The minimum Gasteiger partial charge on any atom is -0.355 e. The van der Waals surface area contributed by atoms with Gasteiger partial charge in [-0.1, -0.05) is 19.3 Å². The predicted molar refractivity (Wildman–Crippen MR) is 56.0 cm³/mol. The Labute approximate surface area is 90.0 Å². The van der Waals surface area contributed by atoms with Gasteiger partial charge in [0.2, 0.25) is 5.91 Å². The molecule has 1 rings (SSSR count). The molecule has 5 nitrogen and oxygen atoms in total.